The van der Waals surface area contributed by atoms with E-state index in [0.717, 1.165) is 10.0 Å². The number of amides is 1. The number of pyridine rings is 1. The zero-order valence-electron chi connectivity index (χ0n) is 16.7. The minimum absolute atomic E-state index is 0.0332. The lowest BCUT2D eigenvalue weighted by atomic mass is 9.94. The van der Waals surface area contributed by atoms with Crippen LogP contribution in [-0.2, 0) is 16.1 Å². The molecule has 1 atom stereocenters. The van der Waals surface area contributed by atoms with Crippen LogP contribution in [0, 0.1) is 0 Å². The van der Waals surface area contributed by atoms with Gasteiger partial charge in [0.2, 0.25) is 0 Å². The smallest absolute Gasteiger partial charge is 0.295 e. The summed E-state index contributed by atoms with van der Waals surface area (Å²) in [5.74, 6) is -1.11. The Morgan fingerprint density at radius 3 is 2.42 bits per heavy atom. The van der Waals surface area contributed by atoms with Crippen LogP contribution in [0.25, 0.3) is 5.76 Å². The molecule has 1 fully saturated rings. The number of aliphatic hydroxyl groups is 1. The second kappa shape index (κ2) is 8.73. The molecule has 2 aromatic carbocycles. The fourth-order valence-corrected chi connectivity index (χ4v) is 3.97. The van der Waals surface area contributed by atoms with Crippen LogP contribution in [0.1, 0.15) is 22.7 Å². The van der Waals surface area contributed by atoms with E-state index in [9.17, 15) is 14.7 Å². The first-order valence-corrected chi connectivity index (χ1v) is 10.4. The van der Waals surface area contributed by atoms with Crippen molar-refractivity contribution in [3.05, 3.63) is 99.8 Å². The molecule has 1 saturated heterocycles. The molecule has 0 radical (unpaired) electrons. The molecule has 4 rings (SSSR count). The SMILES string of the molecule is COc1ccccc1C1/C(=C(/O)c2ccc(Br)cc2)C(=O)C(=O)N1Cc1ccncc1. The van der Waals surface area contributed by atoms with E-state index in [1.807, 2.05) is 12.1 Å². The maximum atomic E-state index is 13.1. The third kappa shape index (κ3) is 3.96. The van der Waals surface area contributed by atoms with Crippen LogP contribution in [0.5, 0.6) is 5.75 Å². The van der Waals surface area contributed by atoms with Crippen molar-refractivity contribution in [3.63, 3.8) is 0 Å². The highest BCUT2D eigenvalue weighted by atomic mass is 79.9. The number of nitrogens with zero attached hydrogens (tertiary/aromatic N) is 2. The first-order chi connectivity index (χ1) is 15.0. The Bertz CT molecular complexity index is 1160. The topological polar surface area (TPSA) is 79.7 Å². The first-order valence-electron chi connectivity index (χ1n) is 9.57. The lowest BCUT2D eigenvalue weighted by molar-refractivity contribution is -0.140. The lowest BCUT2D eigenvalue weighted by Crippen LogP contribution is -2.29. The predicted octanol–water partition coefficient (Wildman–Crippen LogP) is 4.47. The number of methoxy groups -OCH3 is 1. The van der Waals surface area contributed by atoms with Gasteiger partial charge in [0.1, 0.15) is 11.5 Å². The Kier molecular flexibility index (Phi) is 5.86. The molecule has 156 valence electrons. The van der Waals surface area contributed by atoms with E-state index in [1.165, 1.54) is 12.0 Å². The van der Waals surface area contributed by atoms with Crippen molar-refractivity contribution >= 4 is 33.4 Å². The quantitative estimate of drug-likeness (QED) is 0.332. The van der Waals surface area contributed by atoms with Crippen LogP contribution in [0.3, 0.4) is 0 Å². The van der Waals surface area contributed by atoms with Gasteiger partial charge < -0.3 is 14.7 Å². The van der Waals surface area contributed by atoms with Crippen molar-refractivity contribution in [3.8, 4) is 5.75 Å². The molecule has 1 aliphatic rings. The maximum absolute atomic E-state index is 13.1. The molecular weight excluding hydrogens is 460 g/mol. The molecule has 0 aliphatic carbocycles. The monoisotopic (exact) mass is 478 g/mol. The highest BCUT2D eigenvalue weighted by Crippen LogP contribution is 2.43. The molecule has 1 amide bonds. The number of hydrogen-bond acceptors (Lipinski definition) is 5. The van der Waals surface area contributed by atoms with Crippen molar-refractivity contribution < 1.29 is 19.4 Å². The molecule has 1 aromatic heterocycles. The molecule has 31 heavy (non-hydrogen) atoms. The highest BCUT2D eigenvalue weighted by molar-refractivity contribution is 9.10. The van der Waals surface area contributed by atoms with E-state index in [-0.39, 0.29) is 17.9 Å². The van der Waals surface area contributed by atoms with Gasteiger partial charge in [-0.05, 0) is 35.9 Å². The summed E-state index contributed by atoms with van der Waals surface area (Å²) in [5.41, 5.74) is 1.92. The average Bonchev–Trinajstić information content (AvgIpc) is 3.04. The van der Waals surface area contributed by atoms with Crippen LogP contribution in [0.4, 0.5) is 0 Å². The van der Waals surface area contributed by atoms with Crippen molar-refractivity contribution in [1.29, 1.82) is 0 Å². The Morgan fingerprint density at radius 1 is 1.06 bits per heavy atom. The number of ether oxygens (including phenoxy) is 1. The number of likely N-dealkylation sites (tertiary alicyclic amines) is 1. The minimum atomic E-state index is -0.798. The molecule has 0 saturated carbocycles. The number of para-hydroxylation sites is 1. The number of aliphatic hydroxyl groups excluding tert-OH is 1. The maximum Gasteiger partial charge on any atom is 0.295 e. The molecule has 0 spiro atoms. The Hall–Kier alpha value is -3.45. The number of halogens is 1. The van der Waals surface area contributed by atoms with Crippen LogP contribution >= 0.6 is 15.9 Å². The summed E-state index contributed by atoms with van der Waals surface area (Å²) >= 11 is 3.36. The number of benzene rings is 2. The molecule has 0 bridgehead atoms. The number of ketones is 1. The van der Waals surface area contributed by atoms with Crippen molar-refractivity contribution in [2.24, 2.45) is 0 Å². The van der Waals surface area contributed by atoms with Crippen LogP contribution in [0.15, 0.2) is 83.1 Å². The van der Waals surface area contributed by atoms with Gasteiger partial charge in [0.25, 0.3) is 11.7 Å². The van der Waals surface area contributed by atoms with Crippen molar-refractivity contribution in [1.82, 2.24) is 9.88 Å². The van der Waals surface area contributed by atoms with E-state index in [0.29, 0.717) is 16.9 Å². The van der Waals surface area contributed by atoms with Gasteiger partial charge in [-0.3, -0.25) is 14.6 Å². The number of rotatable bonds is 5. The van der Waals surface area contributed by atoms with Gasteiger partial charge in [0, 0.05) is 34.5 Å². The van der Waals surface area contributed by atoms with Gasteiger partial charge >= 0.3 is 0 Å². The third-order valence-corrected chi connectivity index (χ3v) is 5.72. The van der Waals surface area contributed by atoms with E-state index in [2.05, 4.69) is 20.9 Å². The van der Waals surface area contributed by atoms with E-state index < -0.39 is 17.7 Å². The van der Waals surface area contributed by atoms with E-state index >= 15 is 0 Å². The number of carbonyl (C=O) groups excluding carboxylic acids is 2. The van der Waals surface area contributed by atoms with Gasteiger partial charge in [-0.25, -0.2) is 0 Å². The number of carbonyl (C=O) groups is 2. The zero-order chi connectivity index (χ0) is 22.0. The summed E-state index contributed by atoms with van der Waals surface area (Å²) in [7, 11) is 1.53. The van der Waals surface area contributed by atoms with Crippen molar-refractivity contribution in [2.75, 3.05) is 7.11 Å². The van der Waals surface area contributed by atoms with E-state index in [1.54, 1.807) is 60.9 Å². The first kappa shape index (κ1) is 20.8. The molecule has 1 N–H and O–H groups in total. The second-order valence-corrected chi connectivity index (χ2v) is 7.95. The standard InChI is InChI=1S/C24H19BrN2O4/c1-31-19-5-3-2-4-18(19)21-20(22(28)16-6-8-17(25)9-7-16)23(29)24(30)27(21)14-15-10-12-26-13-11-15/h2-13,21,28H,14H2,1H3/b22-20-. The van der Waals surface area contributed by atoms with Crippen LogP contribution < -0.4 is 4.74 Å². The van der Waals surface area contributed by atoms with Gasteiger partial charge in [0.05, 0.1) is 18.7 Å². The molecule has 2 heterocycles. The Morgan fingerprint density at radius 2 is 1.74 bits per heavy atom. The molecule has 1 aliphatic heterocycles. The van der Waals surface area contributed by atoms with Gasteiger partial charge in [-0.2, -0.15) is 0 Å². The average molecular weight is 479 g/mol. The van der Waals surface area contributed by atoms with Crippen LogP contribution in [-0.4, -0.2) is 33.8 Å². The van der Waals surface area contributed by atoms with Crippen molar-refractivity contribution in [2.45, 2.75) is 12.6 Å². The molecule has 7 heteroatoms. The number of Topliss-reactive ketones (excluding diaryl/α,β-unsaturated/α-hetero) is 1. The summed E-state index contributed by atoms with van der Waals surface area (Å²) < 4.78 is 6.34. The Balaban J connectivity index is 1.90. The zero-order valence-corrected chi connectivity index (χ0v) is 18.2. The summed E-state index contributed by atoms with van der Waals surface area (Å²) in [5, 5.41) is 11.1. The predicted molar refractivity (Wildman–Crippen MR) is 119 cm³/mol. The summed E-state index contributed by atoms with van der Waals surface area (Å²) in [6.45, 7) is 0.187. The minimum Gasteiger partial charge on any atom is -0.507 e. The molecular formula is C24H19BrN2O4. The van der Waals surface area contributed by atoms with Gasteiger partial charge in [0.15, 0.2) is 0 Å². The van der Waals surface area contributed by atoms with E-state index in [4.69, 9.17) is 4.74 Å². The Labute approximate surface area is 187 Å². The normalized spacial score (nSPS) is 17.7. The largest absolute Gasteiger partial charge is 0.507 e. The molecule has 3 aromatic rings. The van der Waals surface area contributed by atoms with Gasteiger partial charge in [-0.15, -0.1) is 0 Å². The second-order valence-electron chi connectivity index (χ2n) is 7.03. The lowest BCUT2D eigenvalue weighted by Gasteiger charge is -2.26. The van der Waals surface area contributed by atoms with Gasteiger partial charge in [-0.1, -0.05) is 46.3 Å². The summed E-state index contributed by atoms with van der Waals surface area (Å²) in [6.07, 6.45) is 3.26. The van der Waals surface area contributed by atoms with Crippen LogP contribution in [0.2, 0.25) is 0 Å². The molecule has 1 unspecified atom stereocenters. The highest BCUT2D eigenvalue weighted by Gasteiger charge is 2.47. The number of hydrogen-bond donors (Lipinski definition) is 1. The fraction of sp³-hybridized carbons (Fsp3) is 0.125. The summed E-state index contributed by atoms with van der Waals surface area (Å²) in [4.78, 5) is 31.6. The fourth-order valence-electron chi connectivity index (χ4n) is 3.71. The molecule has 6 nitrogen and oxygen atoms in total. The number of aromatic nitrogens is 1. The third-order valence-electron chi connectivity index (χ3n) is 5.19. The summed E-state index contributed by atoms with van der Waals surface area (Å²) in [6, 6.07) is 16.9.